The maximum atomic E-state index is 11.9. The van der Waals surface area contributed by atoms with E-state index in [-0.39, 0.29) is 11.3 Å². The Kier molecular flexibility index (Phi) is 7.28. The van der Waals surface area contributed by atoms with Gasteiger partial charge in [-0.1, -0.05) is 56.2 Å². The van der Waals surface area contributed by atoms with E-state index in [1.54, 1.807) is 0 Å². The quantitative estimate of drug-likeness (QED) is 0.743. The molecule has 0 heterocycles. The van der Waals surface area contributed by atoms with Gasteiger partial charge in [-0.05, 0) is 44.9 Å². The first kappa shape index (κ1) is 18.9. The number of carbonyl (C=O) groups excluding carboxylic acids is 1. The van der Waals surface area contributed by atoms with Gasteiger partial charge in [0, 0.05) is 12.3 Å². The molecule has 0 bridgehead atoms. The molecule has 2 atom stereocenters. The van der Waals surface area contributed by atoms with E-state index < -0.39 is 6.10 Å². The van der Waals surface area contributed by atoms with Crippen LogP contribution in [-0.2, 0) is 4.79 Å². The van der Waals surface area contributed by atoms with Crippen molar-refractivity contribution in [2.75, 3.05) is 0 Å². The van der Waals surface area contributed by atoms with E-state index in [0.29, 0.717) is 18.6 Å². The van der Waals surface area contributed by atoms with Gasteiger partial charge in [0.05, 0.1) is 6.10 Å². The predicted octanol–water partition coefficient (Wildman–Crippen LogP) is 4.99. The molecule has 0 saturated carbocycles. The van der Waals surface area contributed by atoms with Crippen LogP contribution in [-0.4, -0.2) is 17.0 Å². The highest BCUT2D eigenvalue weighted by molar-refractivity contribution is 5.80. The standard InChI is InChI=1S/C20H32O2/c1-15(2)19(22)9-12-20(5)10-6-7-16(3)13-18(21)14-17(4)8-11-20/h6,8,10,13,15,18,21H,7,9,11-12,14H2,1-5H3. The summed E-state index contributed by atoms with van der Waals surface area (Å²) in [6, 6.07) is 0. The fourth-order valence-corrected chi connectivity index (χ4v) is 2.76. The Labute approximate surface area is 136 Å². The normalized spacial score (nSPS) is 27.1. The molecule has 0 aromatic rings. The molecule has 2 nitrogen and oxygen atoms in total. The van der Waals surface area contributed by atoms with Crippen LogP contribution in [0.1, 0.15) is 66.7 Å². The first-order valence-corrected chi connectivity index (χ1v) is 8.43. The third-order valence-corrected chi connectivity index (χ3v) is 4.47. The van der Waals surface area contributed by atoms with Gasteiger partial charge < -0.3 is 5.11 Å². The Bertz CT molecular complexity index is 468. The average Bonchev–Trinajstić information content (AvgIpc) is 2.43. The summed E-state index contributed by atoms with van der Waals surface area (Å²) in [6.07, 6.45) is 12.2. The smallest absolute Gasteiger partial charge is 0.135 e. The minimum Gasteiger partial charge on any atom is -0.389 e. The number of allylic oxidation sites excluding steroid dienone is 4. The molecule has 0 spiro atoms. The van der Waals surface area contributed by atoms with Crippen LogP contribution < -0.4 is 0 Å². The lowest BCUT2D eigenvalue weighted by atomic mass is 9.79. The maximum Gasteiger partial charge on any atom is 0.135 e. The summed E-state index contributed by atoms with van der Waals surface area (Å²) in [7, 11) is 0. The lowest BCUT2D eigenvalue weighted by Gasteiger charge is -2.25. The minimum absolute atomic E-state index is 0.0153. The van der Waals surface area contributed by atoms with Gasteiger partial charge in [-0.3, -0.25) is 4.79 Å². The summed E-state index contributed by atoms with van der Waals surface area (Å²) >= 11 is 0. The lowest BCUT2D eigenvalue weighted by molar-refractivity contribution is -0.122. The van der Waals surface area contributed by atoms with Crippen LogP contribution in [0.15, 0.2) is 35.5 Å². The Hall–Kier alpha value is -1.15. The van der Waals surface area contributed by atoms with Crippen LogP contribution in [0.4, 0.5) is 0 Å². The second-order valence-corrected chi connectivity index (χ2v) is 7.42. The molecular weight excluding hydrogens is 272 g/mol. The van der Waals surface area contributed by atoms with E-state index in [9.17, 15) is 9.90 Å². The van der Waals surface area contributed by atoms with Gasteiger partial charge in [-0.15, -0.1) is 0 Å². The van der Waals surface area contributed by atoms with Crippen LogP contribution in [0.5, 0.6) is 0 Å². The first-order valence-electron chi connectivity index (χ1n) is 8.43. The van der Waals surface area contributed by atoms with E-state index in [1.165, 1.54) is 11.1 Å². The Morgan fingerprint density at radius 2 is 2.05 bits per heavy atom. The molecule has 0 aromatic heterocycles. The average molecular weight is 304 g/mol. The monoisotopic (exact) mass is 304 g/mol. The van der Waals surface area contributed by atoms with Gasteiger partial charge in [0.1, 0.15) is 5.78 Å². The van der Waals surface area contributed by atoms with Gasteiger partial charge in [-0.25, -0.2) is 0 Å². The fraction of sp³-hybridized carbons (Fsp3) is 0.650. The molecule has 1 N–H and O–H groups in total. The summed E-state index contributed by atoms with van der Waals surface area (Å²) in [4.78, 5) is 11.9. The zero-order valence-corrected chi connectivity index (χ0v) is 14.9. The van der Waals surface area contributed by atoms with Crippen LogP contribution in [0, 0.1) is 11.3 Å². The molecule has 1 aliphatic carbocycles. The highest BCUT2D eigenvalue weighted by Gasteiger charge is 2.22. The van der Waals surface area contributed by atoms with Crippen molar-refractivity contribution < 1.29 is 9.90 Å². The summed E-state index contributed by atoms with van der Waals surface area (Å²) in [5, 5.41) is 10.0. The number of hydrogen-bond donors (Lipinski definition) is 1. The molecule has 1 rings (SSSR count). The number of Topliss-reactive ketones (excluding diaryl/α,β-unsaturated/α-hetero) is 1. The van der Waals surface area contributed by atoms with E-state index in [4.69, 9.17) is 0 Å². The third-order valence-electron chi connectivity index (χ3n) is 4.47. The molecule has 0 amide bonds. The van der Waals surface area contributed by atoms with Crippen LogP contribution in [0.25, 0.3) is 0 Å². The lowest BCUT2D eigenvalue weighted by Crippen LogP contribution is -2.17. The van der Waals surface area contributed by atoms with Crippen molar-refractivity contribution in [3.05, 3.63) is 35.5 Å². The molecule has 124 valence electrons. The molecule has 1 aliphatic rings. The molecular formula is C20H32O2. The van der Waals surface area contributed by atoms with Crippen molar-refractivity contribution in [2.45, 2.75) is 72.8 Å². The van der Waals surface area contributed by atoms with Crippen molar-refractivity contribution in [2.24, 2.45) is 11.3 Å². The van der Waals surface area contributed by atoms with Crippen molar-refractivity contribution in [1.29, 1.82) is 0 Å². The van der Waals surface area contributed by atoms with E-state index in [1.807, 2.05) is 19.9 Å². The Morgan fingerprint density at radius 1 is 1.36 bits per heavy atom. The molecule has 22 heavy (non-hydrogen) atoms. The summed E-state index contributed by atoms with van der Waals surface area (Å²) in [5.41, 5.74) is 2.42. The minimum atomic E-state index is -0.392. The maximum absolute atomic E-state index is 11.9. The van der Waals surface area contributed by atoms with Gasteiger partial charge in [0.25, 0.3) is 0 Å². The largest absolute Gasteiger partial charge is 0.389 e. The van der Waals surface area contributed by atoms with Crippen molar-refractivity contribution in [3.63, 3.8) is 0 Å². The number of aliphatic hydroxyl groups is 1. The summed E-state index contributed by atoms with van der Waals surface area (Å²) < 4.78 is 0. The topological polar surface area (TPSA) is 37.3 Å². The highest BCUT2D eigenvalue weighted by atomic mass is 16.3. The molecule has 0 saturated heterocycles. The molecule has 0 aliphatic heterocycles. The van der Waals surface area contributed by atoms with Crippen LogP contribution >= 0.6 is 0 Å². The predicted molar refractivity (Wildman–Crippen MR) is 93.7 cm³/mol. The zero-order valence-electron chi connectivity index (χ0n) is 14.9. The van der Waals surface area contributed by atoms with E-state index >= 15 is 0 Å². The van der Waals surface area contributed by atoms with E-state index in [0.717, 1.165) is 19.3 Å². The number of aliphatic hydroxyl groups excluding tert-OH is 1. The van der Waals surface area contributed by atoms with Gasteiger partial charge in [-0.2, -0.15) is 0 Å². The molecule has 2 heteroatoms. The van der Waals surface area contributed by atoms with E-state index in [2.05, 4.69) is 39.0 Å². The highest BCUT2D eigenvalue weighted by Crippen LogP contribution is 2.32. The van der Waals surface area contributed by atoms with Crippen LogP contribution in [0.2, 0.25) is 0 Å². The van der Waals surface area contributed by atoms with Crippen molar-refractivity contribution in [3.8, 4) is 0 Å². The number of ketones is 1. The number of hydrogen-bond acceptors (Lipinski definition) is 2. The molecule has 0 fully saturated rings. The van der Waals surface area contributed by atoms with Crippen molar-refractivity contribution >= 4 is 5.78 Å². The zero-order chi connectivity index (χ0) is 16.8. The molecule has 0 aromatic carbocycles. The van der Waals surface area contributed by atoms with Crippen LogP contribution in [0.3, 0.4) is 0 Å². The second kappa shape index (κ2) is 8.47. The Morgan fingerprint density at radius 3 is 2.68 bits per heavy atom. The second-order valence-electron chi connectivity index (χ2n) is 7.42. The SMILES string of the molecule is CC1=CC(O)CC(C)=CCC(C)(CCC(=O)C(C)C)C=CC1. The van der Waals surface area contributed by atoms with Gasteiger partial charge >= 0.3 is 0 Å². The summed E-state index contributed by atoms with van der Waals surface area (Å²) in [6.45, 7) is 10.3. The number of carbonyl (C=O) groups is 1. The third kappa shape index (κ3) is 6.74. The fourth-order valence-electron chi connectivity index (χ4n) is 2.76. The van der Waals surface area contributed by atoms with Crippen molar-refractivity contribution in [1.82, 2.24) is 0 Å². The van der Waals surface area contributed by atoms with Gasteiger partial charge in [0.15, 0.2) is 0 Å². The first-order chi connectivity index (χ1) is 10.2. The Balaban J connectivity index is 2.87. The molecule has 0 radical (unpaired) electrons. The van der Waals surface area contributed by atoms with Gasteiger partial charge in [0.2, 0.25) is 0 Å². The molecule has 2 unspecified atom stereocenters. The summed E-state index contributed by atoms with van der Waals surface area (Å²) in [5.74, 6) is 0.462. The number of rotatable bonds is 4.